The van der Waals surface area contributed by atoms with Crippen LogP contribution in [-0.4, -0.2) is 72.1 Å². The molecule has 4 rings (SSSR count). The van der Waals surface area contributed by atoms with Gasteiger partial charge in [-0.2, -0.15) is 0 Å². The molecule has 5 atom stereocenters. The Kier molecular flexibility index (Phi) is 6.52. The number of amides is 2. The van der Waals surface area contributed by atoms with Gasteiger partial charge in [0.05, 0.1) is 5.03 Å². The van der Waals surface area contributed by atoms with Crippen LogP contribution in [0.2, 0.25) is 0 Å². The van der Waals surface area contributed by atoms with Crippen LogP contribution in [-0.2, 0) is 14.4 Å². The van der Waals surface area contributed by atoms with Gasteiger partial charge in [-0.25, -0.2) is 4.98 Å². The fourth-order valence-electron chi connectivity index (χ4n) is 3.74. The van der Waals surface area contributed by atoms with Crippen LogP contribution in [0, 0.1) is 5.41 Å². The molecule has 2 saturated heterocycles. The SMILES string of the molecule is Nc1cccc(C(O)C(=O)NC2C(=O)N3CC(C(=O)O)(C(O)Sc4ccccn4)CS[C@H]23)c1. The zero-order chi connectivity index (χ0) is 23.8. The molecule has 2 aliphatic heterocycles. The first-order valence-electron chi connectivity index (χ1n) is 9.98. The number of β-lactam (4-membered cyclic amide) rings is 1. The maximum Gasteiger partial charge on any atom is 0.315 e. The number of nitrogen functional groups attached to an aromatic ring is 1. The van der Waals surface area contributed by atoms with Crippen LogP contribution in [0.3, 0.4) is 0 Å². The average Bonchev–Trinajstić information content (AvgIpc) is 2.81. The quantitative estimate of drug-likeness (QED) is 0.157. The minimum atomic E-state index is -1.60. The number of aliphatic carboxylic acids is 1. The number of nitrogens with two attached hydrogens (primary N) is 1. The number of aromatic nitrogens is 1. The van der Waals surface area contributed by atoms with E-state index in [4.69, 9.17) is 5.73 Å². The third-order valence-corrected chi connectivity index (χ3v) is 8.35. The molecular weight excluding hydrogens is 468 g/mol. The van der Waals surface area contributed by atoms with E-state index in [1.807, 2.05) is 0 Å². The molecule has 2 amide bonds. The molecule has 4 unspecified atom stereocenters. The van der Waals surface area contributed by atoms with Crippen molar-refractivity contribution in [2.24, 2.45) is 5.41 Å². The van der Waals surface area contributed by atoms with E-state index in [0.29, 0.717) is 16.3 Å². The first-order chi connectivity index (χ1) is 15.7. The molecule has 0 aliphatic carbocycles. The van der Waals surface area contributed by atoms with Crippen molar-refractivity contribution in [3.05, 3.63) is 54.2 Å². The highest BCUT2D eigenvalue weighted by atomic mass is 32.2. The molecule has 3 heterocycles. The predicted molar refractivity (Wildman–Crippen MR) is 122 cm³/mol. The van der Waals surface area contributed by atoms with E-state index in [-0.39, 0.29) is 12.3 Å². The van der Waals surface area contributed by atoms with Crippen LogP contribution in [0.4, 0.5) is 5.69 Å². The van der Waals surface area contributed by atoms with Gasteiger partial charge < -0.3 is 31.3 Å². The minimum Gasteiger partial charge on any atom is -0.481 e. The van der Waals surface area contributed by atoms with Crippen molar-refractivity contribution < 1.29 is 29.7 Å². The monoisotopic (exact) mass is 490 g/mol. The molecule has 33 heavy (non-hydrogen) atoms. The van der Waals surface area contributed by atoms with E-state index in [9.17, 15) is 29.7 Å². The second-order valence-electron chi connectivity index (χ2n) is 7.83. The number of benzene rings is 1. The van der Waals surface area contributed by atoms with Crippen molar-refractivity contribution in [3.8, 4) is 0 Å². The number of nitrogens with one attached hydrogen (secondary N) is 1. The van der Waals surface area contributed by atoms with Crippen molar-refractivity contribution in [2.75, 3.05) is 18.0 Å². The number of aliphatic hydroxyl groups excluding tert-OH is 2. The largest absolute Gasteiger partial charge is 0.481 e. The summed E-state index contributed by atoms with van der Waals surface area (Å²) in [5.41, 5.74) is 3.43. The highest BCUT2D eigenvalue weighted by molar-refractivity contribution is 8.01. The predicted octanol–water partition coefficient (Wildman–Crippen LogP) is 0.279. The number of aliphatic hydroxyl groups is 2. The molecule has 1 aromatic heterocycles. The summed E-state index contributed by atoms with van der Waals surface area (Å²) in [5, 5.41) is 33.5. The van der Waals surface area contributed by atoms with Crippen LogP contribution in [0.25, 0.3) is 0 Å². The van der Waals surface area contributed by atoms with Gasteiger partial charge in [-0.3, -0.25) is 14.4 Å². The van der Waals surface area contributed by atoms with Crippen molar-refractivity contribution in [1.29, 1.82) is 0 Å². The lowest BCUT2D eigenvalue weighted by atomic mass is 9.87. The van der Waals surface area contributed by atoms with Crippen LogP contribution in [0.5, 0.6) is 0 Å². The second kappa shape index (κ2) is 9.21. The molecule has 0 radical (unpaired) electrons. The Morgan fingerprint density at radius 1 is 1.27 bits per heavy atom. The summed E-state index contributed by atoms with van der Waals surface area (Å²) in [6.07, 6.45) is 0.0390. The number of hydrogen-bond acceptors (Lipinski definition) is 9. The lowest BCUT2D eigenvalue weighted by Gasteiger charge is -2.54. The Balaban J connectivity index is 1.43. The first kappa shape index (κ1) is 23.4. The Morgan fingerprint density at radius 3 is 2.73 bits per heavy atom. The van der Waals surface area contributed by atoms with E-state index in [1.54, 1.807) is 42.6 Å². The minimum absolute atomic E-state index is 0.0297. The number of nitrogens with zero attached hydrogens (tertiary/aromatic N) is 2. The zero-order valence-corrected chi connectivity index (χ0v) is 18.8. The standard InChI is InChI=1S/C21H22N4O6S2/c22-12-5-3-4-11(8-12)15(26)16(27)24-14-17(28)25-9-21(19(29)30,10-32-18(14)25)20(31)33-13-6-1-2-7-23-13/h1-8,14-15,18,20,26,31H,9-10,22H2,(H,24,27)(H,29,30)/t14?,15?,18-,20?,21?/m1/s1. The molecule has 12 heteroatoms. The number of carboxylic acid groups (broad SMARTS) is 1. The van der Waals surface area contributed by atoms with E-state index in [1.165, 1.54) is 22.7 Å². The molecule has 2 aliphatic rings. The molecule has 6 N–H and O–H groups in total. The summed E-state index contributed by atoms with van der Waals surface area (Å²) in [6.45, 7) is -0.204. The number of carbonyl (C=O) groups is 3. The maximum absolute atomic E-state index is 12.7. The van der Waals surface area contributed by atoms with Gasteiger partial charge in [-0.1, -0.05) is 30.0 Å². The Labute approximate surface area is 197 Å². The molecular formula is C21H22N4O6S2. The Morgan fingerprint density at radius 2 is 2.06 bits per heavy atom. The molecule has 2 aromatic rings. The topological polar surface area (TPSA) is 166 Å². The molecule has 0 saturated carbocycles. The first-order valence-corrected chi connectivity index (χ1v) is 11.9. The smallest absolute Gasteiger partial charge is 0.315 e. The summed E-state index contributed by atoms with van der Waals surface area (Å²) < 4.78 is 0. The second-order valence-corrected chi connectivity index (χ2v) is 10.0. The van der Waals surface area contributed by atoms with Crippen LogP contribution in [0.15, 0.2) is 53.7 Å². The fourth-order valence-corrected chi connectivity index (χ4v) is 6.41. The van der Waals surface area contributed by atoms with Crippen molar-refractivity contribution >= 4 is 47.0 Å². The van der Waals surface area contributed by atoms with Gasteiger partial charge in [-0.05, 0) is 29.8 Å². The molecule has 0 bridgehead atoms. The van der Waals surface area contributed by atoms with E-state index in [2.05, 4.69) is 10.3 Å². The van der Waals surface area contributed by atoms with Gasteiger partial charge >= 0.3 is 5.97 Å². The van der Waals surface area contributed by atoms with Crippen molar-refractivity contribution in [2.45, 2.75) is 28.0 Å². The number of thioether (sulfide) groups is 2. The van der Waals surface area contributed by atoms with Gasteiger partial charge in [0.25, 0.3) is 5.91 Å². The molecule has 2 fully saturated rings. The lowest BCUT2D eigenvalue weighted by molar-refractivity contribution is -0.162. The van der Waals surface area contributed by atoms with Crippen LogP contribution >= 0.6 is 23.5 Å². The van der Waals surface area contributed by atoms with Gasteiger partial charge in [-0.15, -0.1) is 11.8 Å². The highest BCUT2D eigenvalue weighted by Gasteiger charge is 2.60. The number of anilines is 1. The molecule has 1 aromatic carbocycles. The summed E-state index contributed by atoms with van der Waals surface area (Å²) in [5.74, 6) is -2.41. The van der Waals surface area contributed by atoms with Gasteiger partial charge in [0.15, 0.2) is 6.10 Å². The number of carbonyl (C=O) groups excluding carboxylic acids is 2. The Hall–Kier alpha value is -2.80. The third-order valence-electron chi connectivity index (χ3n) is 5.65. The Bertz CT molecular complexity index is 1070. The van der Waals surface area contributed by atoms with Crippen LogP contribution in [0.1, 0.15) is 11.7 Å². The third kappa shape index (κ3) is 4.38. The average molecular weight is 491 g/mol. The maximum atomic E-state index is 12.7. The van der Waals surface area contributed by atoms with Crippen LogP contribution < -0.4 is 11.1 Å². The number of fused-ring (bicyclic) bond motifs is 1. The summed E-state index contributed by atoms with van der Waals surface area (Å²) in [7, 11) is 0. The summed E-state index contributed by atoms with van der Waals surface area (Å²) in [6, 6.07) is 10.4. The normalized spacial score (nSPS) is 26.0. The molecule has 0 spiro atoms. The highest BCUT2D eigenvalue weighted by Crippen LogP contribution is 2.47. The van der Waals surface area contributed by atoms with E-state index in [0.717, 1.165) is 11.8 Å². The number of carboxylic acids is 1. The van der Waals surface area contributed by atoms with E-state index >= 15 is 0 Å². The van der Waals surface area contributed by atoms with Gasteiger partial charge in [0.1, 0.15) is 22.3 Å². The lowest BCUT2D eigenvalue weighted by Crippen LogP contribution is -2.74. The van der Waals surface area contributed by atoms with Gasteiger partial charge in [0.2, 0.25) is 5.91 Å². The number of rotatable bonds is 7. The van der Waals surface area contributed by atoms with E-state index < -0.39 is 46.2 Å². The summed E-state index contributed by atoms with van der Waals surface area (Å²) in [4.78, 5) is 42.8. The van der Waals surface area contributed by atoms with Gasteiger partial charge in [0, 0.05) is 24.2 Å². The molecule has 10 nitrogen and oxygen atoms in total. The number of hydrogen-bond donors (Lipinski definition) is 5. The van der Waals surface area contributed by atoms with Crippen molar-refractivity contribution in [1.82, 2.24) is 15.2 Å². The fraction of sp³-hybridized carbons (Fsp3) is 0.333. The number of pyridine rings is 1. The zero-order valence-electron chi connectivity index (χ0n) is 17.2. The molecule has 174 valence electrons. The summed E-state index contributed by atoms with van der Waals surface area (Å²) >= 11 is 2.08. The van der Waals surface area contributed by atoms with Crippen molar-refractivity contribution in [3.63, 3.8) is 0 Å².